The number of carbonyl (C=O) groups excluding carboxylic acids is 1. The van der Waals surface area contributed by atoms with E-state index in [4.69, 9.17) is 4.74 Å². The van der Waals surface area contributed by atoms with Gasteiger partial charge in [-0.1, -0.05) is 55.8 Å². The van der Waals surface area contributed by atoms with Gasteiger partial charge in [-0.2, -0.15) is 0 Å². The van der Waals surface area contributed by atoms with Gasteiger partial charge in [0.15, 0.2) is 0 Å². The largest absolute Gasteiger partial charge is 0.492 e. The molecule has 0 aliphatic heterocycles. The highest BCUT2D eigenvalue weighted by atomic mass is 16.5. The molecule has 24 heavy (non-hydrogen) atoms. The number of anilines is 1. The summed E-state index contributed by atoms with van der Waals surface area (Å²) in [6.45, 7) is 5.43. The topological polar surface area (TPSA) is 50.4 Å². The van der Waals surface area contributed by atoms with Crippen LogP contribution in [0, 0.1) is 0 Å². The smallest absolute Gasteiger partial charge is 0.246 e. The molecule has 128 valence electrons. The van der Waals surface area contributed by atoms with E-state index in [0.717, 1.165) is 24.9 Å². The van der Waals surface area contributed by atoms with Crippen LogP contribution >= 0.6 is 0 Å². The molecule has 0 saturated carbocycles. The Bertz CT molecular complexity index is 629. The molecule has 4 nitrogen and oxygen atoms in total. The second-order valence-electron chi connectivity index (χ2n) is 5.57. The lowest BCUT2D eigenvalue weighted by atomic mass is 10.1. The molecule has 0 aliphatic rings. The van der Waals surface area contributed by atoms with Gasteiger partial charge in [-0.3, -0.25) is 4.79 Å². The molecule has 0 aliphatic carbocycles. The van der Waals surface area contributed by atoms with Gasteiger partial charge in [0.1, 0.15) is 11.8 Å². The molecule has 2 rings (SSSR count). The summed E-state index contributed by atoms with van der Waals surface area (Å²) >= 11 is 0. The average Bonchev–Trinajstić information content (AvgIpc) is 2.61. The SMILES string of the molecule is CCCCN[C@H](C(=O)Nc1ccccc1OCC)c1ccccc1. The Labute approximate surface area is 144 Å². The van der Waals surface area contributed by atoms with Crippen LogP contribution in [0.15, 0.2) is 54.6 Å². The summed E-state index contributed by atoms with van der Waals surface area (Å²) < 4.78 is 5.59. The molecule has 2 aromatic carbocycles. The highest BCUT2D eigenvalue weighted by Gasteiger charge is 2.20. The maximum atomic E-state index is 12.8. The van der Waals surface area contributed by atoms with Gasteiger partial charge in [-0.05, 0) is 37.6 Å². The maximum Gasteiger partial charge on any atom is 0.246 e. The minimum atomic E-state index is -0.382. The predicted octanol–water partition coefficient (Wildman–Crippen LogP) is 4.15. The average molecular weight is 326 g/mol. The molecule has 0 bridgehead atoms. The number of rotatable bonds is 9. The first-order chi connectivity index (χ1) is 11.8. The molecule has 0 heterocycles. The third-order valence-corrected chi connectivity index (χ3v) is 3.72. The Morgan fingerprint density at radius 3 is 2.46 bits per heavy atom. The number of carbonyl (C=O) groups is 1. The Balaban J connectivity index is 2.15. The van der Waals surface area contributed by atoms with Crippen molar-refractivity contribution in [2.24, 2.45) is 0 Å². The quantitative estimate of drug-likeness (QED) is 0.681. The summed E-state index contributed by atoms with van der Waals surface area (Å²) in [5.41, 5.74) is 1.66. The third-order valence-electron chi connectivity index (χ3n) is 3.72. The number of amides is 1. The summed E-state index contributed by atoms with van der Waals surface area (Å²) in [7, 11) is 0. The van der Waals surface area contributed by atoms with Gasteiger partial charge in [0, 0.05) is 0 Å². The highest BCUT2D eigenvalue weighted by molar-refractivity contribution is 5.96. The first-order valence-corrected chi connectivity index (χ1v) is 8.57. The van der Waals surface area contributed by atoms with Crippen molar-refractivity contribution in [2.75, 3.05) is 18.5 Å². The van der Waals surface area contributed by atoms with E-state index in [1.54, 1.807) is 0 Å². The molecule has 1 atom stereocenters. The van der Waals surface area contributed by atoms with Crippen LogP contribution in [-0.4, -0.2) is 19.1 Å². The molecule has 2 N–H and O–H groups in total. The summed E-state index contributed by atoms with van der Waals surface area (Å²) in [4.78, 5) is 12.8. The van der Waals surface area contributed by atoms with Crippen molar-refractivity contribution in [1.29, 1.82) is 0 Å². The number of hydrogen-bond donors (Lipinski definition) is 2. The lowest BCUT2D eigenvalue weighted by Crippen LogP contribution is -2.33. The summed E-state index contributed by atoms with van der Waals surface area (Å²) in [6, 6.07) is 16.9. The van der Waals surface area contributed by atoms with Crippen molar-refractivity contribution in [3.8, 4) is 5.75 Å². The Morgan fingerprint density at radius 1 is 1.04 bits per heavy atom. The second-order valence-corrected chi connectivity index (χ2v) is 5.57. The number of nitrogens with one attached hydrogen (secondary N) is 2. The van der Waals surface area contributed by atoms with Gasteiger partial charge in [0.2, 0.25) is 5.91 Å². The molecule has 4 heteroatoms. The summed E-state index contributed by atoms with van der Waals surface area (Å²) in [5, 5.41) is 6.35. The summed E-state index contributed by atoms with van der Waals surface area (Å²) in [6.07, 6.45) is 2.12. The molecule has 0 spiro atoms. The second kappa shape index (κ2) is 9.73. The van der Waals surface area contributed by atoms with Crippen molar-refractivity contribution in [2.45, 2.75) is 32.7 Å². The van der Waals surface area contributed by atoms with Gasteiger partial charge in [0.05, 0.1) is 12.3 Å². The Kier molecular flexibility index (Phi) is 7.30. The van der Waals surface area contributed by atoms with Crippen LogP contribution in [0.4, 0.5) is 5.69 Å². The Hall–Kier alpha value is -2.33. The molecule has 2 aromatic rings. The van der Waals surface area contributed by atoms with Crippen LogP contribution in [0.25, 0.3) is 0 Å². The van der Waals surface area contributed by atoms with E-state index in [-0.39, 0.29) is 11.9 Å². The fourth-order valence-corrected chi connectivity index (χ4v) is 2.49. The first kappa shape index (κ1) is 18.0. The van der Waals surface area contributed by atoms with Gasteiger partial charge in [-0.15, -0.1) is 0 Å². The highest BCUT2D eigenvalue weighted by Crippen LogP contribution is 2.25. The van der Waals surface area contributed by atoms with Crippen molar-refractivity contribution in [3.05, 3.63) is 60.2 Å². The molecule has 0 fully saturated rings. The third kappa shape index (κ3) is 5.10. The predicted molar refractivity (Wildman–Crippen MR) is 98.3 cm³/mol. The standard InChI is InChI=1S/C20H26N2O2/c1-3-5-15-21-19(16-11-7-6-8-12-16)20(23)22-17-13-9-10-14-18(17)24-4-2/h6-14,19,21H,3-5,15H2,1-2H3,(H,22,23)/t19-/m0/s1. The van der Waals surface area contributed by atoms with E-state index in [1.165, 1.54) is 0 Å². The summed E-state index contributed by atoms with van der Waals surface area (Å²) in [5.74, 6) is 0.609. The zero-order chi connectivity index (χ0) is 17.2. The fraction of sp³-hybridized carbons (Fsp3) is 0.350. The maximum absolute atomic E-state index is 12.8. The monoisotopic (exact) mass is 326 g/mol. The molecule has 0 radical (unpaired) electrons. The van der Waals surface area contributed by atoms with Crippen LogP contribution in [0.3, 0.4) is 0 Å². The van der Waals surface area contributed by atoms with E-state index in [9.17, 15) is 4.79 Å². The number of unbranched alkanes of at least 4 members (excludes halogenated alkanes) is 1. The first-order valence-electron chi connectivity index (χ1n) is 8.57. The van der Waals surface area contributed by atoms with Gasteiger partial charge in [-0.25, -0.2) is 0 Å². The van der Waals surface area contributed by atoms with E-state index < -0.39 is 0 Å². The molecule has 0 saturated heterocycles. The van der Waals surface area contributed by atoms with E-state index >= 15 is 0 Å². The number of ether oxygens (including phenoxy) is 1. The fourth-order valence-electron chi connectivity index (χ4n) is 2.49. The normalized spacial score (nSPS) is 11.8. The number of para-hydroxylation sites is 2. The lowest BCUT2D eigenvalue weighted by molar-refractivity contribution is -0.118. The Morgan fingerprint density at radius 2 is 1.75 bits per heavy atom. The zero-order valence-electron chi connectivity index (χ0n) is 14.4. The van der Waals surface area contributed by atoms with Crippen LogP contribution in [-0.2, 0) is 4.79 Å². The van der Waals surface area contributed by atoms with Crippen molar-refractivity contribution >= 4 is 11.6 Å². The van der Waals surface area contributed by atoms with E-state index in [0.29, 0.717) is 18.0 Å². The molecule has 0 aromatic heterocycles. The minimum absolute atomic E-state index is 0.0792. The lowest BCUT2D eigenvalue weighted by Gasteiger charge is -2.20. The minimum Gasteiger partial charge on any atom is -0.492 e. The van der Waals surface area contributed by atoms with Crippen LogP contribution < -0.4 is 15.4 Å². The van der Waals surface area contributed by atoms with Gasteiger partial charge in [0.25, 0.3) is 0 Å². The van der Waals surface area contributed by atoms with Crippen molar-refractivity contribution in [1.82, 2.24) is 5.32 Å². The van der Waals surface area contributed by atoms with Gasteiger partial charge >= 0.3 is 0 Å². The molecular weight excluding hydrogens is 300 g/mol. The van der Waals surface area contributed by atoms with Crippen molar-refractivity contribution in [3.63, 3.8) is 0 Å². The number of hydrogen-bond acceptors (Lipinski definition) is 3. The van der Waals surface area contributed by atoms with E-state index in [1.807, 2.05) is 61.5 Å². The van der Waals surface area contributed by atoms with Crippen LogP contribution in [0.2, 0.25) is 0 Å². The van der Waals surface area contributed by atoms with Gasteiger partial charge < -0.3 is 15.4 Å². The molecule has 0 unspecified atom stereocenters. The zero-order valence-corrected chi connectivity index (χ0v) is 14.4. The van der Waals surface area contributed by atoms with Crippen LogP contribution in [0.1, 0.15) is 38.3 Å². The van der Waals surface area contributed by atoms with E-state index in [2.05, 4.69) is 17.6 Å². The van der Waals surface area contributed by atoms with Crippen LogP contribution in [0.5, 0.6) is 5.75 Å². The molecular formula is C20H26N2O2. The molecule has 1 amide bonds. The van der Waals surface area contributed by atoms with Crippen molar-refractivity contribution < 1.29 is 9.53 Å². The number of benzene rings is 2.